The molecule has 2 nitrogen and oxygen atoms in total. The van der Waals surface area contributed by atoms with Crippen LogP contribution in [0.3, 0.4) is 0 Å². The van der Waals surface area contributed by atoms with E-state index in [0.29, 0.717) is 0 Å². The minimum Gasteiger partial charge on any atom is -0.437 e. The molecule has 0 aromatic rings. The maximum absolute atomic E-state index is 6.34. The topological polar surface area (TPSA) is 18.5 Å². The van der Waals surface area contributed by atoms with Gasteiger partial charge in [0.2, 0.25) is 0 Å². The first-order valence-corrected chi connectivity index (χ1v) is 15.2. The minimum absolute atomic E-state index is 1.03. The van der Waals surface area contributed by atoms with Crippen LogP contribution >= 0.6 is 0 Å². The van der Waals surface area contributed by atoms with E-state index in [1.807, 2.05) is 0 Å². The van der Waals surface area contributed by atoms with Crippen molar-refractivity contribution in [2.24, 2.45) is 0 Å². The summed E-state index contributed by atoms with van der Waals surface area (Å²) in [6.07, 6.45) is 0. The standard InChI is InChI=1S/C11H28O2Si3/c1-11(2)10-15(6,7)13-16(8,9)12-14(3,4)5/h1,10H2,2-9H3. The lowest BCUT2D eigenvalue weighted by Gasteiger charge is -2.37. The van der Waals surface area contributed by atoms with Crippen molar-refractivity contribution >= 4 is 25.2 Å². The van der Waals surface area contributed by atoms with Crippen LogP contribution in [0, 0.1) is 0 Å². The zero-order valence-corrected chi connectivity index (χ0v) is 15.2. The van der Waals surface area contributed by atoms with Crippen LogP contribution in [0.1, 0.15) is 6.92 Å². The lowest BCUT2D eigenvalue weighted by molar-refractivity contribution is 0.393. The summed E-state index contributed by atoms with van der Waals surface area (Å²) in [5.74, 6) is 0. The third-order valence-corrected chi connectivity index (χ3v) is 11.8. The second-order valence-electron chi connectivity index (χ2n) is 6.61. The molecule has 5 heteroatoms. The van der Waals surface area contributed by atoms with Gasteiger partial charge in [0.25, 0.3) is 0 Å². The maximum atomic E-state index is 6.34. The number of hydrogen-bond acceptors (Lipinski definition) is 2. The first-order valence-electron chi connectivity index (χ1n) is 5.88. The highest BCUT2D eigenvalue weighted by Gasteiger charge is 2.37. The van der Waals surface area contributed by atoms with Gasteiger partial charge in [-0.25, -0.2) is 0 Å². The average Bonchev–Trinajstić information content (AvgIpc) is 1.69. The molecule has 0 amide bonds. The van der Waals surface area contributed by atoms with E-state index >= 15 is 0 Å². The molecule has 0 bridgehead atoms. The van der Waals surface area contributed by atoms with E-state index in [1.54, 1.807) is 0 Å². The van der Waals surface area contributed by atoms with Gasteiger partial charge in [-0.15, -0.1) is 6.58 Å². The number of rotatable bonds is 6. The third kappa shape index (κ3) is 8.46. The second kappa shape index (κ2) is 5.31. The van der Waals surface area contributed by atoms with E-state index in [9.17, 15) is 0 Å². The Labute approximate surface area is 105 Å². The molecule has 0 fully saturated rings. The lowest BCUT2D eigenvalue weighted by atomic mass is 10.4. The van der Waals surface area contributed by atoms with Crippen molar-refractivity contribution in [3.8, 4) is 0 Å². The molecule has 0 spiro atoms. The van der Waals surface area contributed by atoms with Gasteiger partial charge in [0.1, 0.15) is 0 Å². The fraction of sp³-hybridized carbons (Fsp3) is 0.818. The van der Waals surface area contributed by atoms with Crippen molar-refractivity contribution in [3.63, 3.8) is 0 Å². The molecule has 0 saturated carbocycles. The van der Waals surface area contributed by atoms with E-state index in [0.717, 1.165) is 6.04 Å². The Kier molecular flexibility index (Phi) is 5.41. The molecule has 0 atom stereocenters. The van der Waals surface area contributed by atoms with E-state index in [2.05, 4.69) is 59.3 Å². The van der Waals surface area contributed by atoms with E-state index in [4.69, 9.17) is 8.23 Å². The smallest absolute Gasteiger partial charge is 0.311 e. The molecule has 0 saturated heterocycles. The van der Waals surface area contributed by atoms with Crippen molar-refractivity contribution in [1.29, 1.82) is 0 Å². The summed E-state index contributed by atoms with van der Waals surface area (Å²) in [6, 6.07) is 1.03. The predicted octanol–water partition coefficient (Wildman–Crippen LogP) is 4.34. The summed E-state index contributed by atoms with van der Waals surface area (Å²) in [4.78, 5) is 0. The zero-order valence-electron chi connectivity index (χ0n) is 12.2. The highest BCUT2D eigenvalue weighted by Crippen LogP contribution is 2.24. The van der Waals surface area contributed by atoms with Gasteiger partial charge in [-0.3, -0.25) is 0 Å². The zero-order chi connectivity index (χ0) is 13.2. The molecular formula is C11H28O2Si3. The third-order valence-electron chi connectivity index (χ3n) is 1.80. The molecule has 96 valence electrons. The predicted molar refractivity (Wildman–Crippen MR) is 80.1 cm³/mol. The summed E-state index contributed by atoms with van der Waals surface area (Å²) >= 11 is 0. The van der Waals surface area contributed by atoms with Crippen molar-refractivity contribution in [3.05, 3.63) is 12.2 Å². The molecule has 0 heterocycles. The first-order chi connectivity index (χ1) is 6.83. The first kappa shape index (κ1) is 16.3. The van der Waals surface area contributed by atoms with Crippen molar-refractivity contribution < 1.29 is 8.23 Å². The molecule has 0 aromatic carbocycles. The summed E-state index contributed by atoms with van der Waals surface area (Å²) in [6.45, 7) is 21.6. The van der Waals surface area contributed by atoms with E-state index in [1.165, 1.54) is 5.57 Å². The monoisotopic (exact) mass is 276 g/mol. The highest BCUT2D eigenvalue weighted by atomic mass is 28.5. The fourth-order valence-electron chi connectivity index (χ4n) is 2.19. The Morgan fingerprint density at radius 3 is 1.69 bits per heavy atom. The summed E-state index contributed by atoms with van der Waals surface area (Å²) in [5.41, 5.74) is 1.22. The molecule has 0 aliphatic heterocycles. The molecule has 16 heavy (non-hydrogen) atoms. The Bertz CT molecular complexity index is 254. The van der Waals surface area contributed by atoms with Crippen LogP contribution in [0.15, 0.2) is 12.2 Å². The average molecular weight is 277 g/mol. The molecular weight excluding hydrogens is 248 g/mol. The van der Waals surface area contributed by atoms with Gasteiger partial charge in [-0.2, -0.15) is 0 Å². The quantitative estimate of drug-likeness (QED) is 0.531. The molecule has 0 rings (SSSR count). The Morgan fingerprint density at radius 1 is 0.938 bits per heavy atom. The van der Waals surface area contributed by atoms with Crippen LogP contribution in [0.4, 0.5) is 0 Å². The summed E-state index contributed by atoms with van der Waals surface area (Å²) in [5, 5.41) is 0. The largest absolute Gasteiger partial charge is 0.437 e. The molecule has 0 radical (unpaired) electrons. The lowest BCUT2D eigenvalue weighted by Crippen LogP contribution is -2.51. The SMILES string of the molecule is C=C(C)C[Si](C)(C)O[Si](C)(C)O[Si](C)(C)C. The second-order valence-corrected chi connectivity index (χ2v) is 19.1. The van der Waals surface area contributed by atoms with Crippen molar-refractivity contribution in [2.45, 2.75) is 58.8 Å². The normalized spacial score (nSPS) is 14.0. The number of hydrogen-bond donors (Lipinski definition) is 0. The highest BCUT2D eigenvalue weighted by molar-refractivity contribution is 6.87. The number of allylic oxidation sites excluding steroid dienone is 1. The van der Waals surface area contributed by atoms with E-state index < -0.39 is 25.2 Å². The fourth-order valence-corrected chi connectivity index (χ4v) is 15.7. The van der Waals surface area contributed by atoms with Gasteiger partial charge in [-0.05, 0) is 58.8 Å². The van der Waals surface area contributed by atoms with E-state index in [-0.39, 0.29) is 0 Å². The molecule has 0 N–H and O–H groups in total. The summed E-state index contributed by atoms with van der Waals surface area (Å²) in [7, 11) is -5.10. The van der Waals surface area contributed by atoms with Gasteiger partial charge in [0.15, 0.2) is 16.6 Å². The van der Waals surface area contributed by atoms with Crippen LogP contribution in [0.2, 0.25) is 51.9 Å². The van der Waals surface area contributed by atoms with Gasteiger partial charge in [0.05, 0.1) is 0 Å². The Hall–Kier alpha value is 0.311. The van der Waals surface area contributed by atoms with Crippen LogP contribution in [-0.4, -0.2) is 25.2 Å². The van der Waals surface area contributed by atoms with Gasteiger partial charge >= 0.3 is 8.56 Å². The van der Waals surface area contributed by atoms with Crippen molar-refractivity contribution in [1.82, 2.24) is 0 Å². The van der Waals surface area contributed by atoms with Crippen molar-refractivity contribution in [2.75, 3.05) is 0 Å². The van der Waals surface area contributed by atoms with Gasteiger partial charge < -0.3 is 8.23 Å². The molecule has 0 unspecified atom stereocenters. The summed E-state index contributed by atoms with van der Waals surface area (Å²) < 4.78 is 12.5. The molecule has 0 aromatic heterocycles. The molecule has 0 aliphatic rings. The maximum Gasteiger partial charge on any atom is 0.311 e. The van der Waals surface area contributed by atoms with Gasteiger partial charge in [-0.1, -0.05) is 5.57 Å². The molecule has 0 aliphatic carbocycles. The van der Waals surface area contributed by atoms with Crippen LogP contribution in [0.5, 0.6) is 0 Å². The Morgan fingerprint density at radius 2 is 1.38 bits per heavy atom. The Balaban J connectivity index is 4.51. The van der Waals surface area contributed by atoms with Gasteiger partial charge in [0, 0.05) is 0 Å². The van der Waals surface area contributed by atoms with Crippen LogP contribution in [0.25, 0.3) is 0 Å². The van der Waals surface area contributed by atoms with Crippen LogP contribution in [-0.2, 0) is 8.23 Å². The van der Waals surface area contributed by atoms with Crippen LogP contribution < -0.4 is 0 Å². The minimum atomic E-state index is -1.96.